The van der Waals surface area contributed by atoms with Gasteiger partial charge in [0.1, 0.15) is 11.5 Å². The van der Waals surface area contributed by atoms with Gasteiger partial charge in [0, 0.05) is 11.1 Å². The minimum Gasteiger partial charge on any atom is -0.505 e. The summed E-state index contributed by atoms with van der Waals surface area (Å²) < 4.78 is 63.8. The molecule has 3 N–H and O–H groups in total. The Morgan fingerprint density at radius 1 is 0.683 bits per heavy atom. The van der Waals surface area contributed by atoms with Crippen LogP contribution in [0.5, 0.6) is 11.5 Å². The lowest BCUT2D eigenvalue weighted by atomic mass is 9.95. The first-order valence-electron chi connectivity index (χ1n) is 12.6. The zero-order valence-electron chi connectivity index (χ0n) is 22.5. The Hall–Kier alpha value is -4.54. The van der Waals surface area contributed by atoms with Crippen molar-refractivity contribution in [2.75, 3.05) is 16.6 Å². The number of nitrogens with one attached hydrogen (secondary N) is 2. The van der Waals surface area contributed by atoms with Gasteiger partial charge in [0.2, 0.25) is 0 Å². The van der Waals surface area contributed by atoms with Crippen molar-refractivity contribution >= 4 is 42.2 Å². The Labute approximate surface area is 239 Å². The zero-order chi connectivity index (χ0) is 29.4. The fourth-order valence-electron chi connectivity index (χ4n) is 4.51. The summed E-state index contributed by atoms with van der Waals surface area (Å²) in [6, 6.07) is 26.3. The summed E-state index contributed by atoms with van der Waals surface area (Å²) >= 11 is 0. The van der Waals surface area contributed by atoms with Crippen LogP contribution in [0.1, 0.15) is 11.1 Å². The predicted octanol–water partition coefficient (Wildman–Crippen LogP) is 6.44. The third-order valence-electron chi connectivity index (χ3n) is 6.65. The first-order chi connectivity index (χ1) is 19.5. The van der Waals surface area contributed by atoms with E-state index in [1.165, 1.54) is 43.5 Å². The number of benzene rings is 5. The number of aromatic hydroxyl groups is 1. The van der Waals surface area contributed by atoms with Gasteiger partial charge in [-0.25, -0.2) is 16.8 Å². The van der Waals surface area contributed by atoms with Gasteiger partial charge in [0.05, 0.1) is 28.3 Å². The van der Waals surface area contributed by atoms with Gasteiger partial charge in [-0.3, -0.25) is 9.44 Å². The Kier molecular flexibility index (Phi) is 7.37. The number of sulfonamides is 2. The van der Waals surface area contributed by atoms with E-state index in [1.54, 1.807) is 30.3 Å². The maximum atomic E-state index is 13.3. The van der Waals surface area contributed by atoms with Crippen LogP contribution in [-0.2, 0) is 20.0 Å². The first-order valence-corrected chi connectivity index (χ1v) is 15.6. The van der Waals surface area contributed by atoms with Crippen molar-refractivity contribution in [2.45, 2.75) is 23.6 Å². The standard InChI is InChI=1S/C31H28N2O6S2/c1-20-8-13-24(14-9-20)40(35,36)32-23-18-27(30-26-7-5-4-6-22(26)12-17-29(30)39-3)31(34)28(19-23)33-41(37,38)25-15-10-21(2)11-16-25/h4-19,32-34H,1-3H3. The van der Waals surface area contributed by atoms with Crippen molar-refractivity contribution in [3.8, 4) is 22.6 Å². The number of ether oxygens (including phenoxy) is 1. The minimum absolute atomic E-state index is 0.0163. The third-order valence-corrected chi connectivity index (χ3v) is 9.43. The predicted molar refractivity (Wildman–Crippen MR) is 162 cm³/mol. The topological polar surface area (TPSA) is 122 Å². The highest BCUT2D eigenvalue weighted by atomic mass is 32.2. The van der Waals surface area contributed by atoms with Crippen LogP contribution in [-0.4, -0.2) is 29.1 Å². The van der Waals surface area contributed by atoms with E-state index in [-0.39, 0.29) is 26.7 Å². The summed E-state index contributed by atoms with van der Waals surface area (Å²) in [5.41, 5.74) is 2.24. The summed E-state index contributed by atoms with van der Waals surface area (Å²) in [6.07, 6.45) is 0. The maximum Gasteiger partial charge on any atom is 0.262 e. The van der Waals surface area contributed by atoms with Crippen molar-refractivity contribution in [1.29, 1.82) is 0 Å². The van der Waals surface area contributed by atoms with E-state index in [0.717, 1.165) is 16.5 Å². The van der Waals surface area contributed by atoms with Crippen LogP contribution < -0.4 is 14.2 Å². The summed E-state index contributed by atoms with van der Waals surface area (Å²) in [5, 5.41) is 13.0. The molecule has 0 unspecified atom stereocenters. The van der Waals surface area contributed by atoms with Crippen molar-refractivity contribution in [2.24, 2.45) is 0 Å². The quantitative estimate of drug-likeness (QED) is 0.142. The van der Waals surface area contributed by atoms with E-state index < -0.39 is 25.8 Å². The molecule has 0 bridgehead atoms. The van der Waals surface area contributed by atoms with Gasteiger partial charge in [-0.15, -0.1) is 0 Å². The van der Waals surface area contributed by atoms with Crippen LogP contribution >= 0.6 is 0 Å². The van der Waals surface area contributed by atoms with Gasteiger partial charge in [-0.1, -0.05) is 65.7 Å². The lowest BCUT2D eigenvalue weighted by Gasteiger charge is -2.19. The largest absolute Gasteiger partial charge is 0.505 e. The lowest BCUT2D eigenvalue weighted by molar-refractivity contribution is 0.416. The molecule has 0 aromatic heterocycles. The van der Waals surface area contributed by atoms with E-state index in [0.29, 0.717) is 16.7 Å². The van der Waals surface area contributed by atoms with Crippen LogP contribution in [0, 0.1) is 13.8 Å². The van der Waals surface area contributed by atoms with Crippen molar-refractivity contribution < 1.29 is 26.7 Å². The van der Waals surface area contributed by atoms with E-state index in [2.05, 4.69) is 9.44 Å². The molecule has 0 aliphatic rings. The van der Waals surface area contributed by atoms with Crippen molar-refractivity contribution in [3.63, 3.8) is 0 Å². The van der Waals surface area contributed by atoms with Gasteiger partial charge < -0.3 is 9.84 Å². The molecular weight excluding hydrogens is 560 g/mol. The molecular formula is C31H28N2O6S2. The second-order valence-corrected chi connectivity index (χ2v) is 13.0. The third kappa shape index (κ3) is 5.70. The molecule has 0 saturated heterocycles. The van der Waals surface area contributed by atoms with Crippen LogP contribution in [0.3, 0.4) is 0 Å². The van der Waals surface area contributed by atoms with E-state index in [4.69, 9.17) is 4.74 Å². The molecule has 0 fully saturated rings. The van der Waals surface area contributed by atoms with Gasteiger partial charge >= 0.3 is 0 Å². The maximum absolute atomic E-state index is 13.3. The van der Waals surface area contributed by atoms with E-state index in [9.17, 15) is 21.9 Å². The van der Waals surface area contributed by atoms with Crippen LogP contribution in [0.25, 0.3) is 21.9 Å². The molecule has 8 nitrogen and oxygen atoms in total. The highest BCUT2D eigenvalue weighted by Gasteiger charge is 2.24. The molecule has 10 heteroatoms. The van der Waals surface area contributed by atoms with E-state index >= 15 is 0 Å². The number of methoxy groups -OCH3 is 1. The summed E-state index contributed by atoms with van der Waals surface area (Å²) in [4.78, 5) is 0.0136. The molecule has 0 radical (unpaired) electrons. The van der Waals surface area contributed by atoms with Crippen molar-refractivity contribution in [3.05, 3.63) is 108 Å². The number of phenolic OH excluding ortho intramolecular Hbond substituents is 1. The fourth-order valence-corrected chi connectivity index (χ4v) is 6.61. The molecule has 210 valence electrons. The van der Waals surface area contributed by atoms with Crippen molar-refractivity contribution in [1.82, 2.24) is 0 Å². The molecule has 0 heterocycles. The van der Waals surface area contributed by atoms with Gasteiger partial charge in [0.15, 0.2) is 0 Å². The number of anilines is 2. The fraction of sp³-hybridized carbons (Fsp3) is 0.0968. The summed E-state index contributed by atoms with van der Waals surface area (Å²) in [7, 11) is -6.72. The smallest absolute Gasteiger partial charge is 0.262 e. The molecule has 5 rings (SSSR count). The molecule has 0 aliphatic heterocycles. The van der Waals surface area contributed by atoms with Gasteiger partial charge in [-0.2, -0.15) is 0 Å². The molecule has 0 amide bonds. The highest BCUT2D eigenvalue weighted by Crippen LogP contribution is 2.46. The number of hydrogen-bond acceptors (Lipinski definition) is 6. The van der Waals surface area contributed by atoms with Crippen LogP contribution in [0.2, 0.25) is 0 Å². The minimum atomic E-state index is -4.15. The van der Waals surface area contributed by atoms with Gasteiger partial charge in [0.25, 0.3) is 20.0 Å². The van der Waals surface area contributed by atoms with Gasteiger partial charge in [-0.05, 0) is 67.1 Å². The normalized spacial score (nSPS) is 11.8. The molecule has 0 spiro atoms. The molecule has 41 heavy (non-hydrogen) atoms. The molecule has 0 saturated carbocycles. The molecule has 5 aromatic rings. The SMILES string of the molecule is COc1ccc2ccccc2c1-c1cc(NS(=O)(=O)c2ccc(C)cc2)cc(NS(=O)(=O)c2ccc(C)cc2)c1O. The highest BCUT2D eigenvalue weighted by molar-refractivity contribution is 7.93. The molecule has 0 atom stereocenters. The second-order valence-electron chi connectivity index (χ2n) is 9.62. The lowest BCUT2D eigenvalue weighted by Crippen LogP contribution is -2.15. The zero-order valence-corrected chi connectivity index (χ0v) is 24.2. The average Bonchev–Trinajstić information content (AvgIpc) is 2.94. The average molecular weight is 589 g/mol. The summed E-state index contributed by atoms with van der Waals surface area (Å²) in [6.45, 7) is 3.68. The van der Waals surface area contributed by atoms with Crippen LogP contribution in [0.4, 0.5) is 11.4 Å². The van der Waals surface area contributed by atoms with E-state index in [1.807, 2.05) is 44.2 Å². The number of fused-ring (bicyclic) bond motifs is 1. The Balaban J connectivity index is 1.71. The Morgan fingerprint density at radius 3 is 1.83 bits per heavy atom. The number of aryl methyl sites for hydroxylation is 2. The Morgan fingerprint density at radius 2 is 1.24 bits per heavy atom. The monoisotopic (exact) mass is 588 g/mol. The number of rotatable bonds is 8. The number of phenols is 1. The first kappa shape index (κ1) is 28.0. The number of hydrogen-bond donors (Lipinski definition) is 3. The Bertz CT molecular complexity index is 1970. The molecule has 0 aliphatic carbocycles. The summed E-state index contributed by atoms with van der Waals surface area (Å²) in [5.74, 6) is 0.0125. The second kappa shape index (κ2) is 10.8. The van der Waals surface area contributed by atoms with Crippen LogP contribution in [0.15, 0.2) is 107 Å². The molecule has 5 aromatic carbocycles.